The average Bonchev–Trinajstić information content (AvgIpc) is 3.20. The summed E-state index contributed by atoms with van der Waals surface area (Å²) < 4.78 is 25.2. The van der Waals surface area contributed by atoms with Crippen LogP contribution in [-0.2, 0) is 14.3 Å². The molecular weight excluding hydrogens is 459 g/mol. The Hall–Kier alpha value is -3.56. The summed E-state index contributed by atoms with van der Waals surface area (Å²) in [5, 5.41) is 19.5. The number of rotatable bonds is 9. The third kappa shape index (κ3) is 5.93. The molecule has 5 N–H and O–H groups in total. The van der Waals surface area contributed by atoms with Gasteiger partial charge in [0.05, 0.1) is 49.7 Å². The first-order valence-corrected chi connectivity index (χ1v) is 11.5. The molecule has 1 aromatic rings. The highest BCUT2D eigenvalue weighted by molar-refractivity contribution is 5.90. The van der Waals surface area contributed by atoms with Crippen molar-refractivity contribution in [3.05, 3.63) is 35.9 Å². The van der Waals surface area contributed by atoms with Gasteiger partial charge in [-0.15, -0.1) is 0 Å². The molecule has 2 atom stereocenters. The molecule has 0 aromatic heterocycles. The smallest absolute Gasteiger partial charge is 0.414 e. The summed E-state index contributed by atoms with van der Waals surface area (Å²) in [5.74, 6) is 4.42. The second-order valence-electron chi connectivity index (χ2n) is 8.42. The maximum Gasteiger partial charge on any atom is 0.414 e. The number of nitriles is 1. The predicted octanol–water partition coefficient (Wildman–Crippen LogP) is 1.04. The van der Waals surface area contributed by atoms with Crippen molar-refractivity contribution in [1.82, 2.24) is 5.01 Å². The number of carbonyl (C=O) groups is 2. The van der Waals surface area contributed by atoms with Crippen molar-refractivity contribution >= 4 is 23.4 Å². The maximum absolute atomic E-state index is 15.0. The van der Waals surface area contributed by atoms with Gasteiger partial charge in [0.2, 0.25) is 0 Å². The van der Waals surface area contributed by atoms with Crippen LogP contribution in [-0.4, -0.2) is 67.7 Å². The molecule has 3 rings (SSSR count). The summed E-state index contributed by atoms with van der Waals surface area (Å²) in [7, 11) is 0. The Morgan fingerprint density at radius 3 is 2.74 bits per heavy atom. The zero-order valence-electron chi connectivity index (χ0n) is 19.6. The number of esters is 1. The van der Waals surface area contributed by atoms with Gasteiger partial charge in [0, 0.05) is 19.3 Å². The van der Waals surface area contributed by atoms with Crippen molar-refractivity contribution in [3.63, 3.8) is 0 Å². The minimum atomic E-state index is -0.695. The predicted molar refractivity (Wildman–Crippen MR) is 125 cm³/mol. The summed E-state index contributed by atoms with van der Waals surface area (Å²) in [5.41, 5.74) is 6.16. The molecule has 2 unspecified atom stereocenters. The summed E-state index contributed by atoms with van der Waals surface area (Å²) >= 11 is 0. The number of piperidine rings is 1. The van der Waals surface area contributed by atoms with E-state index in [0.29, 0.717) is 37.3 Å². The number of hydrogen-bond donors (Lipinski definition) is 3. The normalized spacial score (nSPS) is 19.8. The topological polar surface area (TPSA) is 158 Å². The van der Waals surface area contributed by atoms with Crippen LogP contribution >= 0.6 is 0 Å². The third-order valence-electron chi connectivity index (χ3n) is 6.28. The van der Waals surface area contributed by atoms with Crippen molar-refractivity contribution in [1.29, 1.82) is 5.26 Å². The second-order valence-corrected chi connectivity index (χ2v) is 8.42. The highest BCUT2D eigenvalue weighted by Crippen LogP contribution is 2.32. The fourth-order valence-corrected chi connectivity index (χ4v) is 4.39. The number of benzene rings is 1. The number of carbonyl (C=O) groups excluding carboxylic acids is 2. The van der Waals surface area contributed by atoms with Crippen molar-refractivity contribution in [3.8, 4) is 6.07 Å². The Labute approximate surface area is 203 Å². The van der Waals surface area contributed by atoms with Gasteiger partial charge < -0.3 is 25.2 Å². The van der Waals surface area contributed by atoms with Crippen LogP contribution in [0.3, 0.4) is 0 Å². The molecule has 2 aliphatic heterocycles. The lowest BCUT2D eigenvalue weighted by Gasteiger charge is -2.35. The highest BCUT2D eigenvalue weighted by atomic mass is 19.1. The lowest BCUT2D eigenvalue weighted by atomic mass is 9.85. The highest BCUT2D eigenvalue weighted by Gasteiger charge is 2.35. The van der Waals surface area contributed by atoms with Gasteiger partial charge in [-0.2, -0.15) is 5.26 Å². The molecule has 2 fully saturated rings. The van der Waals surface area contributed by atoms with Crippen LogP contribution in [0.5, 0.6) is 0 Å². The Morgan fingerprint density at radius 1 is 1.46 bits per heavy atom. The molecule has 0 saturated carbocycles. The molecule has 2 aliphatic rings. The van der Waals surface area contributed by atoms with Crippen LogP contribution in [0.2, 0.25) is 0 Å². The number of ether oxygens (including phenoxy) is 2. The maximum atomic E-state index is 15.0. The van der Waals surface area contributed by atoms with Gasteiger partial charge in [-0.05, 0) is 43.9 Å². The van der Waals surface area contributed by atoms with Crippen LogP contribution in [0.1, 0.15) is 19.8 Å². The lowest BCUT2D eigenvalue weighted by Crippen LogP contribution is -2.42. The molecule has 11 nitrogen and oxygen atoms in total. The van der Waals surface area contributed by atoms with Crippen LogP contribution in [0, 0.1) is 29.0 Å². The Morgan fingerprint density at radius 2 is 2.17 bits per heavy atom. The summed E-state index contributed by atoms with van der Waals surface area (Å²) in [6.45, 7) is 2.85. The number of aliphatic hydroxyl groups is 1. The van der Waals surface area contributed by atoms with E-state index in [1.165, 1.54) is 11.0 Å². The Kier molecular flexibility index (Phi) is 8.73. The van der Waals surface area contributed by atoms with E-state index in [1.807, 2.05) is 4.90 Å². The molecule has 2 saturated heterocycles. The van der Waals surface area contributed by atoms with E-state index in [-0.39, 0.29) is 37.9 Å². The molecule has 0 bridgehead atoms. The largest absolute Gasteiger partial charge is 0.461 e. The van der Waals surface area contributed by atoms with Gasteiger partial charge in [0.1, 0.15) is 11.9 Å². The molecule has 1 amide bonds. The van der Waals surface area contributed by atoms with Gasteiger partial charge in [-0.1, -0.05) is 0 Å². The lowest BCUT2D eigenvalue weighted by molar-refractivity contribution is -0.140. The number of hydrogen-bond acceptors (Lipinski definition) is 10. The molecule has 0 spiro atoms. The standard InChI is InChI=1S/C23H31FN6O5/c1-2-34-22(32)21(11-26)30(27)13-18-12-29(23(33)35-18)17-3-4-20(19(24)9-17)28-7-5-15(6-8-28)16(10-25)14-31/h3-4,9,11,15-16,18,31H,2,5-8,12-14,26-27H2,1H3/b21-11-. The molecule has 35 heavy (non-hydrogen) atoms. The molecule has 2 heterocycles. The van der Waals surface area contributed by atoms with Crippen LogP contribution in [0.15, 0.2) is 30.1 Å². The van der Waals surface area contributed by atoms with Crippen LogP contribution in [0.25, 0.3) is 0 Å². The SMILES string of the molecule is CCOC(=O)/C(=C/N)N(N)CC1CN(c2ccc(N3CCC(C(C#N)CO)CC3)c(F)c2)C(=O)O1. The van der Waals surface area contributed by atoms with Gasteiger partial charge in [0.15, 0.2) is 5.70 Å². The number of nitrogens with two attached hydrogens (primary N) is 2. The number of cyclic esters (lactones) is 1. The fraction of sp³-hybridized carbons (Fsp3) is 0.522. The molecule has 12 heteroatoms. The number of hydrazine groups is 1. The van der Waals surface area contributed by atoms with Crippen LogP contribution in [0.4, 0.5) is 20.6 Å². The second kappa shape index (κ2) is 11.7. The van der Waals surface area contributed by atoms with E-state index in [4.69, 9.17) is 26.3 Å². The zero-order valence-corrected chi connectivity index (χ0v) is 19.6. The molecular formula is C23H31FN6O5. The first kappa shape index (κ1) is 26.1. The van der Waals surface area contributed by atoms with Gasteiger partial charge >= 0.3 is 12.1 Å². The summed E-state index contributed by atoms with van der Waals surface area (Å²) in [4.78, 5) is 27.6. The first-order valence-electron chi connectivity index (χ1n) is 11.5. The quantitative estimate of drug-likeness (QED) is 0.198. The molecule has 0 aliphatic carbocycles. The van der Waals surface area contributed by atoms with E-state index in [1.54, 1.807) is 19.1 Å². The summed E-state index contributed by atoms with van der Waals surface area (Å²) in [6, 6.07) is 6.67. The van der Waals surface area contributed by atoms with Crippen molar-refractivity contribution in [2.75, 3.05) is 49.2 Å². The zero-order chi connectivity index (χ0) is 25.5. The third-order valence-corrected chi connectivity index (χ3v) is 6.28. The van der Waals surface area contributed by atoms with E-state index in [0.717, 1.165) is 11.2 Å². The number of amides is 1. The Bertz CT molecular complexity index is 991. The first-order chi connectivity index (χ1) is 16.8. The van der Waals surface area contributed by atoms with Crippen molar-refractivity contribution < 1.29 is 28.6 Å². The van der Waals surface area contributed by atoms with Crippen LogP contribution < -0.4 is 21.4 Å². The molecule has 1 aromatic carbocycles. The minimum absolute atomic E-state index is 0.0167. The Balaban J connectivity index is 1.62. The number of nitrogens with zero attached hydrogens (tertiary/aromatic N) is 4. The fourth-order valence-electron chi connectivity index (χ4n) is 4.39. The van der Waals surface area contributed by atoms with E-state index in [9.17, 15) is 14.7 Å². The van der Waals surface area contributed by atoms with Crippen molar-refractivity contribution in [2.45, 2.75) is 25.9 Å². The number of anilines is 2. The van der Waals surface area contributed by atoms with E-state index < -0.39 is 29.9 Å². The monoisotopic (exact) mass is 490 g/mol. The molecule has 0 radical (unpaired) electrons. The van der Waals surface area contributed by atoms with E-state index in [2.05, 4.69) is 6.07 Å². The van der Waals surface area contributed by atoms with E-state index >= 15 is 4.39 Å². The van der Waals surface area contributed by atoms with Crippen molar-refractivity contribution in [2.24, 2.45) is 23.4 Å². The number of aliphatic hydroxyl groups excluding tert-OH is 1. The van der Waals surface area contributed by atoms with Gasteiger partial charge in [0.25, 0.3) is 0 Å². The van der Waals surface area contributed by atoms with Gasteiger partial charge in [-0.25, -0.2) is 19.8 Å². The minimum Gasteiger partial charge on any atom is -0.461 e. The average molecular weight is 491 g/mol. The van der Waals surface area contributed by atoms with Gasteiger partial charge in [-0.3, -0.25) is 9.91 Å². The number of halogens is 1. The summed E-state index contributed by atoms with van der Waals surface area (Å²) in [6.07, 6.45) is 1.05. The molecule has 190 valence electrons.